The summed E-state index contributed by atoms with van der Waals surface area (Å²) in [5, 5.41) is 3.55. The third kappa shape index (κ3) is 5.65. The Balaban J connectivity index is 1.55. The number of benzene rings is 4. The molecule has 0 bridgehead atoms. The van der Waals surface area contributed by atoms with Crippen LogP contribution < -0.4 is 9.62 Å². The van der Waals surface area contributed by atoms with Crippen LogP contribution in [0.1, 0.15) is 15.9 Å². The first kappa shape index (κ1) is 23.5. The molecule has 0 heterocycles. The standard InChI is InChI=1S/C27H23ClN2O3S/c1-34(32,33)30(19-20-11-15-23(28)16-12-20)24-17-13-22(14-18-24)27(31)29-26-10-6-5-9-25(26)21-7-3-2-4-8-21/h2-18H,19H2,1H3,(H,29,31). The molecule has 0 unspecified atom stereocenters. The van der Waals surface area contributed by atoms with E-state index < -0.39 is 10.0 Å². The fourth-order valence-electron chi connectivity index (χ4n) is 3.59. The lowest BCUT2D eigenvalue weighted by atomic mass is 10.0. The van der Waals surface area contributed by atoms with E-state index in [0.29, 0.717) is 22.0 Å². The molecule has 0 radical (unpaired) electrons. The van der Waals surface area contributed by atoms with Gasteiger partial charge in [0.25, 0.3) is 5.91 Å². The van der Waals surface area contributed by atoms with Crippen LogP contribution in [-0.2, 0) is 16.6 Å². The van der Waals surface area contributed by atoms with Gasteiger partial charge < -0.3 is 5.32 Å². The Labute approximate surface area is 204 Å². The first-order valence-electron chi connectivity index (χ1n) is 10.6. The van der Waals surface area contributed by atoms with Gasteiger partial charge in [0.2, 0.25) is 10.0 Å². The first-order valence-corrected chi connectivity index (χ1v) is 12.8. The van der Waals surface area contributed by atoms with Gasteiger partial charge in [-0.05, 0) is 53.6 Å². The van der Waals surface area contributed by atoms with Crippen LogP contribution in [0.25, 0.3) is 11.1 Å². The van der Waals surface area contributed by atoms with E-state index in [-0.39, 0.29) is 12.5 Å². The predicted octanol–water partition coefficient (Wildman–Crippen LogP) is 6.23. The van der Waals surface area contributed by atoms with Gasteiger partial charge in [0, 0.05) is 21.8 Å². The molecule has 0 aliphatic rings. The second-order valence-electron chi connectivity index (χ2n) is 7.81. The highest BCUT2D eigenvalue weighted by Crippen LogP contribution is 2.28. The highest BCUT2D eigenvalue weighted by atomic mass is 35.5. The van der Waals surface area contributed by atoms with Crippen molar-refractivity contribution in [1.29, 1.82) is 0 Å². The first-order chi connectivity index (χ1) is 16.3. The topological polar surface area (TPSA) is 66.5 Å². The summed E-state index contributed by atoms with van der Waals surface area (Å²) in [4.78, 5) is 12.9. The average molecular weight is 491 g/mol. The largest absolute Gasteiger partial charge is 0.321 e. The molecule has 0 saturated carbocycles. The van der Waals surface area contributed by atoms with Gasteiger partial charge in [0.05, 0.1) is 18.5 Å². The summed E-state index contributed by atoms with van der Waals surface area (Å²) in [5.74, 6) is -0.279. The highest BCUT2D eigenvalue weighted by molar-refractivity contribution is 7.92. The molecule has 5 nitrogen and oxygen atoms in total. The number of para-hydroxylation sites is 1. The van der Waals surface area contributed by atoms with Gasteiger partial charge in [-0.25, -0.2) is 8.42 Å². The van der Waals surface area contributed by atoms with Crippen LogP contribution in [0.4, 0.5) is 11.4 Å². The molecule has 1 amide bonds. The maximum atomic E-state index is 12.9. The molecule has 0 aliphatic carbocycles. The molecule has 34 heavy (non-hydrogen) atoms. The Hall–Kier alpha value is -3.61. The lowest BCUT2D eigenvalue weighted by molar-refractivity contribution is 0.102. The average Bonchev–Trinajstić information content (AvgIpc) is 2.84. The van der Waals surface area contributed by atoms with Crippen molar-refractivity contribution in [3.8, 4) is 11.1 Å². The Morgan fingerprint density at radius 1 is 0.824 bits per heavy atom. The summed E-state index contributed by atoms with van der Waals surface area (Å²) in [6.07, 6.45) is 1.16. The minimum Gasteiger partial charge on any atom is -0.321 e. The Morgan fingerprint density at radius 3 is 2.09 bits per heavy atom. The number of sulfonamides is 1. The summed E-state index contributed by atoms with van der Waals surface area (Å²) in [6.45, 7) is 0.159. The summed E-state index contributed by atoms with van der Waals surface area (Å²) in [7, 11) is -3.54. The molecule has 4 rings (SSSR count). The maximum Gasteiger partial charge on any atom is 0.255 e. The smallest absolute Gasteiger partial charge is 0.255 e. The lowest BCUT2D eigenvalue weighted by Crippen LogP contribution is -2.29. The zero-order chi connectivity index (χ0) is 24.1. The van der Waals surface area contributed by atoms with E-state index in [9.17, 15) is 13.2 Å². The number of hydrogen-bond donors (Lipinski definition) is 1. The van der Waals surface area contributed by atoms with E-state index >= 15 is 0 Å². The lowest BCUT2D eigenvalue weighted by Gasteiger charge is -2.23. The Morgan fingerprint density at radius 2 is 1.44 bits per heavy atom. The Kier molecular flexibility index (Phi) is 7.01. The molecule has 0 aliphatic heterocycles. The summed E-state index contributed by atoms with van der Waals surface area (Å²) >= 11 is 5.93. The van der Waals surface area contributed by atoms with Crippen LogP contribution >= 0.6 is 11.6 Å². The monoisotopic (exact) mass is 490 g/mol. The fourth-order valence-corrected chi connectivity index (χ4v) is 4.61. The van der Waals surface area contributed by atoms with Gasteiger partial charge in [-0.15, -0.1) is 0 Å². The van der Waals surface area contributed by atoms with Crippen molar-refractivity contribution in [2.75, 3.05) is 15.9 Å². The Bertz CT molecular complexity index is 1390. The summed E-state index contributed by atoms with van der Waals surface area (Å²) < 4.78 is 26.2. The number of nitrogens with one attached hydrogen (secondary N) is 1. The van der Waals surface area contributed by atoms with Gasteiger partial charge in [-0.3, -0.25) is 9.10 Å². The van der Waals surface area contributed by atoms with Crippen molar-refractivity contribution in [1.82, 2.24) is 0 Å². The van der Waals surface area contributed by atoms with Crippen LogP contribution in [0.2, 0.25) is 5.02 Å². The second-order valence-corrected chi connectivity index (χ2v) is 10.2. The van der Waals surface area contributed by atoms with Crippen LogP contribution in [0.15, 0.2) is 103 Å². The van der Waals surface area contributed by atoms with Gasteiger partial charge in [0.1, 0.15) is 0 Å². The van der Waals surface area contributed by atoms with Crippen molar-refractivity contribution >= 4 is 38.9 Å². The number of halogens is 1. The van der Waals surface area contributed by atoms with E-state index in [4.69, 9.17) is 11.6 Å². The minimum atomic E-state index is -3.54. The minimum absolute atomic E-state index is 0.159. The highest BCUT2D eigenvalue weighted by Gasteiger charge is 2.19. The van der Waals surface area contributed by atoms with Crippen LogP contribution in [0, 0.1) is 0 Å². The molecule has 7 heteroatoms. The zero-order valence-corrected chi connectivity index (χ0v) is 20.1. The fraction of sp³-hybridized carbons (Fsp3) is 0.0741. The number of nitrogens with zero attached hydrogens (tertiary/aromatic N) is 1. The van der Waals surface area contributed by atoms with E-state index in [0.717, 1.165) is 22.9 Å². The number of rotatable bonds is 7. The SMILES string of the molecule is CS(=O)(=O)N(Cc1ccc(Cl)cc1)c1ccc(C(=O)Nc2ccccc2-c2ccccc2)cc1. The van der Waals surface area contributed by atoms with Crippen LogP contribution in [-0.4, -0.2) is 20.6 Å². The third-order valence-electron chi connectivity index (χ3n) is 5.32. The molecule has 1 N–H and O–H groups in total. The van der Waals surface area contributed by atoms with Gasteiger partial charge in [-0.2, -0.15) is 0 Å². The van der Waals surface area contributed by atoms with Crippen molar-refractivity contribution < 1.29 is 13.2 Å². The maximum absolute atomic E-state index is 12.9. The summed E-state index contributed by atoms with van der Waals surface area (Å²) in [6, 6.07) is 30.9. The quantitative estimate of drug-likeness (QED) is 0.334. The zero-order valence-electron chi connectivity index (χ0n) is 18.5. The molecule has 0 aromatic heterocycles. The molecular formula is C27H23ClN2O3S. The second kappa shape index (κ2) is 10.1. The number of carbonyl (C=O) groups excluding carboxylic acids is 1. The normalized spacial score (nSPS) is 11.1. The van der Waals surface area contributed by atoms with Gasteiger partial charge >= 0.3 is 0 Å². The van der Waals surface area contributed by atoms with E-state index in [1.807, 2.05) is 54.6 Å². The van der Waals surface area contributed by atoms with Gasteiger partial charge in [-0.1, -0.05) is 72.3 Å². The van der Waals surface area contributed by atoms with E-state index in [1.165, 1.54) is 4.31 Å². The van der Waals surface area contributed by atoms with Crippen molar-refractivity contribution in [3.05, 3.63) is 119 Å². The molecule has 4 aromatic rings. The van der Waals surface area contributed by atoms with Crippen LogP contribution in [0.5, 0.6) is 0 Å². The molecule has 0 fully saturated rings. The molecule has 4 aromatic carbocycles. The predicted molar refractivity (Wildman–Crippen MR) is 139 cm³/mol. The van der Waals surface area contributed by atoms with Crippen molar-refractivity contribution in [3.63, 3.8) is 0 Å². The number of anilines is 2. The van der Waals surface area contributed by atoms with E-state index in [2.05, 4.69) is 5.32 Å². The molecule has 0 saturated heterocycles. The molecule has 0 atom stereocenters. The number of amides is 1. The van der Waals surface area contributed by atoms with Gasteiger partial charge in [0.15, 0.2) is 0 Å². The molecule has 172 valence electrons. The van der Waals surface area contributed by atoms with E-state index in [1.54, 1.807) is 48.5 Å². The third-order valence-corrected chi connectivity index (χ3v) is 6.71. The number of hydrogen-bond acceptors (Lipinski definition) is 3. The van der Waals surface area contributed by atoms with Crippen molar-refractivity contribution in [2.45, 2.75) is 6.54 Å². The summed E-state index contributed by atoms with van der Waals surface area (Å²) in [5.41, 5.74) is 4.31. The number of carbonyl (C=O) groups is 1. The molecule has 0 spiro atoms. The van der Waals surface area contributed by atoms with Crippen molar-refractivity contribution in [2.24, 2.45) is 0 Å². The van der Waals surface area contributed by atoms with Crippen LogP contribution in [0.3, 0.4) is 0 Å². The molecular weight excluding hydrogens is 468 g/mol.